The van der Waals surface area contributed by atoms with Crippen LogP contribution in [0.25, 0.3) is 16.6 Å². The van der Waals surface area contributed by atoms with Crippen LogP contribution in [-0.2, 0) is 21.0 Å². The molecular formula is C24H24N2O4. The van der Waals surface area contributed by atoms with Gasteiger partial charge in [-0.15, -0.1) is 0 Å². The molecule has 0 saturated carbocycles. The minimum absolute atomic E-state index is 0.304. The van der Waals surface area contributed by atoms with Crippen molar-refractivity contribution in [3.05, 3.63) is 77.5 Å². The van der Waals surface area contributed by atoms with E-state index < -0.39 is 0 Å². The van der Waals surface area contributed by atoms with Crippen LogP contribution in [0.15, 0.2) is 60.7 Å². The SMILES string of the molecule is COC(=O)C(C)C1C=C(c2ccc(OCc3cc(C)nc4ccccc34)cc2)NO1. The molecule has 2 heterocycles. The third-order valence-electron chi connectivity index (χ3n) is 5.19. The summed E-state index contributed by atoms with van der Waals surface area (Å²) in [5.74, 6) is 0.0828. The average Bonchev–Trinajstić information content (AvgIpc) is 3.27. The van der Waals surface area contributed by atoms with E-state index in [0.29, 0.717) is 6.61 Å². The van der Waals surface area contributed by atoms with E-state index in [1.807, 2.05) is 55.5 Å². The summed E-state index contributed by atoms with van der Waals surface area (Å²) >= 11 is 0. The standard InChI is InChI=1S/C24H24N2O4/c1-15-12-18(20-6-4-5-7-21(20)25-15)14-29-19-10-8-17(9-11-19)22-13-23(30-26-22)16(2)24(27)28-3/h4-13,16,23,26H,14H2,1-3H3. The van der Waals surface area contributed by atoms with Gasteiger partial charge in [-0.2, -0.15) is 0 Å². The first kappa shape index (κ1) is 19.9. The molecule has 0 saturated heterocycles. The molecule has 154 valence electrons. The summed E-state index contributed by atoms with van der Waals surface area (Å²) in [7, 11) is 1.38. The highest BCUT2D eigenvalue weighted by molar-refractivity contribution is 5.82. The molecule has 0 amide bonds. The van der Waals surface area contributed by atoms with Crippen molar-refractivity contribution in [1.82, 2.24) is 10.5 Å². The molecule has 1 aromatic heterocycles. The van der Waals surface area contributed by atoms with E-state index in [4.69, 9.17) is 14.3 Å². The number of carbonyl (C=O) groups is 1. The number of ether oxygens (including phenoxy) is 2. The van der Waals surface area contributed by atoms with Crippen LogP contribution in [0.2, 0.25) is 0 Å². The number of nitrogens with zero attached hydrogens (tertiary/aromatic N) is 1. The third kappa shape index (κ3) is 4.14. The fraction of sp³-hybridized carbons (Fsp3) is 0.250. The maximum atomic E-state index is 11.7. The Bertz CT molecular complexity index is 1090. The molecule has 1 aliphatic rings. The van der Waals surface area contributed by atoms with E-state index in [1.165, 1.54) is 7.11 Å². The lowest BCUT2D eigenvalue weighted by molar-refractivity contribution is -0.149. The van der Waals surface area contributed by atoms with Crippen molar-refractivity contribution in [3.8, 4) is 5.75 Å². The van der Waals surface area contributed by atoms with E-state index in [2.05, 4.69) is 22.6 Å². The zero-order valence-corrected chi connectivity index (χ0v) is 17.2. The second-order valence-electron chi connectivity index (χ2n) is 7.33. The fourth-order valence-electron chi connectivity index (χ4n) is 3.49. The maximum absolute atomic E-state index is 11.7. The monoisotopic (exact) mass is 404 g/mol. The Morgan fingerprint density at radius 1 is 1.20 bits per heavy atom. The Morgan fingerprint density at radius 3 is 2.73 bits per heavy atom. The molecule has 6 nitrogen and oxygen atoms in total. The number of para-hydroxylation sites is 1. The number of hydrogen-bond donors (Lipinski definition) is 1. The largest absolute Gasteiger partial charge is 0.489 e. The van der Waals surface area contributed by atoms with Crippen molar-refractivity contribution in [1.29, 1.82) is 0 Å². The minimum atomic E-state index is -0.388. The Balaban J connectivity index is 1.45. The van der Waals surface area contributed by atoms with Crippen LogP contribution >= 0.6 is 0 Å². The number of pyridine rings is 1. The van der Waals surface area contributed by atoms with Gasteiger partial charge in [-0.3, -0.25) is 20.1 Å². The first-order valence-corrected chi connectivity index (χ1v) is 9.85. The summed E-state index contributed by atoms with van der Waals surface area (Å²) in [5.41, 5.74) is 7.71. The molecule has 2 atom stereocenters. The van der Waals surface area contributed by atoms with Gasteiger partial charge in [-0.25, -0.2) is 0 Å². The molecule has 1 N–H and O–H groups in total. The van der Waals surface area contributed by atoms with Crippen molar-refractivity contribution >= 4 is 22.6 Å². The van der Waals surface area contributed by atoms with Crippen molar-refractivity contribution < 1.29 is 19.1 Å². The summed E-state index contributed by atoms with van der Waals surface area (Å²) in [6.07, 6.45) is 1.52. The first-order valence-electron chi connectivity index (χ1n) is 9.85. The second-order valence-corrected chi connectivity index (χ2v) is 7.33. The lowest BCUT2D eigenvalue weighted by Crippen LogP contribution is -2.27. The van der Waals surface area contributed by atoms with Crippen LogP contribution in [0.3, 0.4) is 0 Å². The molecule has 1 aliphatic heterocycles. The van der Waals surface area contributed by atoms with Crippen LogP contribution in [0.1, 0.15) is 23.7 Å². The summed E-state index contributed by atoms with van der Waals surface area (Å²) in [6, 6.07) is 17.9. The van der Waals surface area contributed by atoms with Gasteiger partial charge in [0.1, 0.15) is 18.5 Å². The molecule has 4 rings (SSSR count). The van der Waals surface area contributed by atoms with Gasteiger partial charge in [-0.05, 0) is 61.9 Å². The van der Waals surface area contributed by atoms with Crippen molar-refractivity contribution in [2.24, 2.45) is 5.92 Å². The van der Waals surface area contributed by atoms with Crippen LogP contribution in [0.4, 0.5) is 0 Å². The van der Waals surface area contributed by atoms with E-state index in [-0.39, 0.29) is 18.0 Å². The average molecular weight is 404 g/mol. The number of carbonyl (C=O) groups excluding carboxylic acids is 1. The predicted molar refractivity (Wildman–Crippen MR) is 114 cm³/mol. The first-order chi connectivity index (χ1) is 14.5. The Morgan fingerprint density at radius 2 is 1.97 bits per heavy atom. The van der Waals surface area contributed by atoms with Crippen molar-refractivity contribution in [2.45, 2.75) is 26.6 Å². The minimum Gasteiger partial charge on any atom is -0.489 e. The number of rotatable bonds is 6. The van der Waals surface area contributed by atoms with Gasteiger partial charge in [0, 0.05) is 16.6 Å². The van der Waals surface area contributed by atoms with Crippen molar-refractivity contribution in [2.75, 3.05) is 7.11 Å². The number of aromatic nitrogens is 1. The normalized spacial score (nSPS) is 16.6. The molecular weight excluding hydrogens is 380 g/mol. The quantitative estimate of drug-likeness (QED) is 0.622. The van der Waals surface area contributed by atoms with Gasteiger partial charge in [0.05, 0.1) is 24.2 Å². The van der Waals surface area contributed by atoms with Gasteiger partial charge in [0.25, 0.3) is 0 Å². The number of hydrogen-bond acceptors (Lipinski definition) is 6. The van der Waals surface area contributed by atoms with E-state index in [0.717, 1.165) is 39.2 Å². The van der Waals surface area contributed by atoms with Crippen LogP contribution in [0, 0.1) is 12.8 Å². The second kappa shape index (κ2) is 8.55. The lowest BCUT2D eigenvalue weighted by atomic mass is 10.0. The number of nitrogens with one attached hydrogen (secondary N) is 1. The highest BCUT2D eigenvalue weighted by Crippen LogP contribution is 2.26. The molecule has 2 aromatic carbocycles. The van der Waals surface area contributed by atoms with Crippen molar-refractivity contribution in [3.63, 3.8) is 0 Å². The topological polar surface area (TPSA) is 69.7 Å². The number of esters is 1. The molecule has 0 aliphatic carbocycles. The van der Waals surface area contributed by atoms with E-state index in [1.54, 1.807) is 6.92 Å². The molecule has 6 heteroatoms. The van der Waals surface area contributed by atoms with Gasteiger partial charge >= 0.3 is 5.97 Å². The molecule has 0 bridgehead atoms. The molecule has 0 fully saturated rings. The Labute approximate surface area is 175 Å². The van der Waals surface area contributed by atoms with E-state index >= 15 is 0 Å². The van der Waals surface area contributed by atoms with Gasteiger partial charge in [0.15, 0.2) is 0 Å². The Kier molecular flexibility index (Phi) is 5.68. The van der Waals surface area contributed by atoms with E-state index in [9.17, 15) is 4.79 Å². The zero-order valence-electron chi connectivity index (χ0n) is 17.2. The zero-order chi connectivity index (χ0) is 21.1. The summed E-state index contributed by atoms with van der Waals surface area (Å²) in [5, 5.41) is 1.10. The molecule has 2 unspecified atom stereocenters. The maximum Gasteiger partial charge on any atom is 0.311 e. The summed E-state index contributed by atoms with van der Waals surface area (Å²) < 4.78 is 10.8. The van der Waals surface area contributed by atoms with Crippen LogP contribution < -0.4 is 10.2 Å². The number of fused-ring (bicyclic) bond motifs is 1. The molecule has 0 spiro atoms. The van der Waals surface area contributed by atoms with Gasteiger partial charge < -0.3 is 9.47 Å². The highest BCUT2D eigenvalue weighted by Gasteiger charge is 2.29. The number of hydroxylamine groups is 1. The summed E-state index contributed by atoms with van der Waals surface area (Å²) in [4.78, 5) is 21.8. The number of aryl methyl sites for hydroxylation is 1. The molecule has 30 heavy (non-hydrogen) atoms. The Hall–Kier alpha value is -3.38. The highest BCUT2D eigenvalue weighted by atomic mass is 16.7. The van der Waals surface area contributed by atoms with Gasteiger partial charge in [-0.1, -0.05) is 18.2 Å². The van der Waals surface area contributed by atoms with Gasteiger partial charge in [0.2, 0.25) is 0 Å². The smallest absolute Gasteiger partial charge is 0.311 e. The molecule has 3 aromatic rings. The lowest BCUT2D eigenvalue weighted by Gasteiger charge is -2.13. The number of benzene rings is 2. The van der Waals surface area contributed by atoms with Crippen LogP contribution in [0.5, 0.6) is 5.75 Å². The summed E-state index contributed by atoms with van der Waals surface area (Å²) in [6.45, 7) is 4.23. The fourth-order valence-corrected chi connectivity index (χ4v) is 3.49. The predicted octanol–water partition coefficient (Wildman–Crippen LogP) is 4.18. The third-order valence-corrected chi connectivity index (χ3v) is 5.19. The van der Waals surface area contributed by atoms with Crippen LogP contribution in [-0.4, -0.2) is 24.2 Å². The molecule has 0 radical (unpaired) electrons. The number of methoxy groups -OCH3 is 1.